The first-order chi connectivity index (χ1) is 13.5. The van der Waals surface area contributed by atoms with E-state index in [1.54, 1.807) is 29.2 Å². The maximum Gasteiger partial charge on any atom is 0.223 e. The number of ketones is 1. The van der Waals surface area contributed by atoms with Gasteiger partial charge in [-0.3, -0.25) is 9.59 Å². The van der Waals surface area contributed by atoms with E-state index in [2.05, 4.69) is 15.9 Å². The average molecular weight is 448 g/mol. The zero-order valence-electron chi connectivity index (χ0n) is 15.6. The van der Waals surface area contributed by atoms with Crippen LogP contribution in [0.4, 0.5) is 4.39 Å². The SMILES string of the molecule is O=C(CCC(=O)N(Cc1cccc(F)c1)CC1CCCO1)c1ccc(Br)cc1. The lowest BCUT2D eigenvalue weighted by Crippen LogP contribution is -2.37. The zero-order chi connectivity index (χ0) is 19.9. The van der Waals surface area contributed by atoms with Gasteiger partial charge in [0, 0.05) is 42.6 Å². The summed E-state index contributed by atoms with van der Waals surface area (Å²) in [6.07, 6.45) is 2.15. The van der Waals surface area contributed by atoms with Crippen LogP contribution in [0.2, 0.25) is 0 Å². The third kappa shape index (κ3) is 5.97. The van der Waals surface area contributed by atoms with Crippen LogP contribution < -0.4 is 0 Å². The maximum atomic E-state index is 13.5. The van der Waals surface area contributed by atoms with Crippen LogP contribution in [0, 0.1) is 5.82 Å². The minimum absolute atomic E-state index is 0.000292. The fourth-order valence-corrected chi connectivity index (χ4v) is 3.57. The highest BCUT2D eigenvalue weighted by atomic mass is 79.9. The first-order valence-electron chi connectivity index (χ1n) is 9.44. The number of hydrogen-bond acceptors (Lipinski definition) is 3. The second-order valence-electron chi connectivity index (χ2n) is 6.97. The lowest BCUT2D eigenvalue weighted by Gasteiger charge is -2.25. The number of halogens is 2. The van der Waals surface area contributed by atoms with Gasteiger partial charge in [-0.15, -0.1) is 0 Å². The van der Waals surface area contributed by atoms with E-state index in [0.717, 1.165) is 22.9 Å². The summed E-state index contributed by atoms with van der Waals surface area (Å²) < 4.78 is 20.1. The molecule has 148 valence electrons. The molecule has 1 fully saturated rings. The summed E-state index contributed by atoms with van der Waals surface area (Å²) in [7, 11) is 0. The van der Waals surface area contributed by atoms with Gasteiger partial charge in [0.15, 0.2) is 5.78 Å². The third-order valence-corrected chi connectivity index (χ3v) is 5.32. The number of amides is 1. The molecule has 28 heavy (non-hydrogen) atoms. The molecule has 6 heteroatoms. The van der Waals surface area contributed by atoms with Gasteiger partial charge in [0.1, 0.15) is 5.82 Å². The van der Waals surface area contributed by atoms with E-state index in [4.69, 9.17) is 4.74 Å². The molecule has 4 nitrogen and oxygen atoms in total. The van der Waals surface area contributed by atoms with Crippen molar-refractivity contribution in [2.75, 3.05) is 13.2 Å². The Hall–Kier alpha value is -2.05. The lowest BCUT2D eigenvalue weighted by atomic mass is 10.1. The Labute approximate surface area is 172 Å². The van der Waals surface area contributed by atoms with Gasteiger partial charge in [0.2, 0.25) is 5.91 Å². The van der Waals surface area contributed by atoms with Gasteiger partial charge >= 0.3 is 0 Å². The van der Waals surface area contributed by atoms with E-state index in [9.17, 15) is 14.0 Å². The Morgan fingerprint density at radius 2 is 1.93 bits per heavy atom. The van der Waals surface area contributed by atoms with E-state index in [1.807, 2.05) is 12.1 Å². The van der Waals surface area contributed by atoms with Crippen molar-refractivity contribution in [3.63, 3.8) is 0 Å². The number of ether oxygens (including phenoxy) is 1. The van der Waals surface area contributed by atoms with Gasteiger partial charge in [0.05, 0.1) is 6.10 Å². The van der Waals surface area contributed by atoms with Gasteiger partial charge in [0.25, 0.3) is 0 Å². The van der Waals surface area contributed by atoms with Crippen molar-refractivity contribution in [1.82, 2.24) is 4.90 Å². The van der Waals surface area contributed by atoms with Crippen molar-refractivity contribution in [1.29, 1.82) is 0 Å². The molecule has 0 spiro atoms. The number of nitrogens with zero attached hydrogens (tertiary/aromatic N) is 1. The fraction of sp³-hybridized carbons (Fsp3) is 0.364. The zero-order valence-corrected chi connectivity index (χ0v) is 17.2. The van der Waals surface area contributed by atoms with Crippen LogP contribution in [0.25, 0.3) is 0 Å². The fourth-order valence-electron chi connectivity index (χ4n) is 3.30. The first kappa shape index (κ1) is 20.7. The molecule has 2 aromatic rings. The van der Waals surface area contributed by atoms with Crippen molar-refractivity contribution in [3.8, 4) is 0 Å². The molecule has 1 aliphatic heterocycles. The molecule has 1 saturated heterocycles. The Morgan fingerprint density at radius 3 is 2.61 bits per heavy atom. The summed E-state index contributed by atoms with van der Waals surface area (Å²) >= 11 is 3.34. The summed E-state index contributed by atoms with van der Waals surface area (Å²) in [5, 5.41) is 0. The molecule has 0 bridgehead atoms. The molecule has 0 radical (unpaired) electrons. The molecule has 3 rings (SSSR count). The molecule has 0 aliphatic carbocycles. The second-order valence-corrected chi connectivity index (χ2v) is 7.88. The van der Waals surface area contributed by atoms with E-state index in [1.165, 1.54) is 12.1 Å². The minimum Gasteiger partial charge on any atom is -0.376 e. The van der Waals surface area contributed by atoms with Gasteiger partial charge in [-0.2, -0.15) is 0 Å². The predicted molar refractivity (Wildman–Crippen MR) is 108 cm³/mol. The standard InChI is InChI=1S/C22H23BrFNO3/c23-18-8-6-17(7-9-18)21(26)10-11-22(27)25(15-20-5-2-12-28-20)14-16-3-1-4-19(24)13-16/h1,3-4,6-9,13,20H,2,5,10-12,14-15H2. The van der Waals surface area contributed by atoms with Crippen LogP contribution in [0.5, 0.6) is 0 Å². The molecule has 2 aromatic carbocycles. The van der Waals surface area contributed by atoms with E-state index in [0.29, 0.717) is 25.3 Å². The van der Waals surface area contributed by atoms with E-state index < -0.39 is 0 Å². The number of rotatable bonds is 8. The molecular weight excluding hydrogens is 425 g/mol. The molecule has 1 atom stereocenters. The summed E-state index contributed by atoms with van der Waals surface area (Å²) in [5.41, 5.74) is 1.32. The van der Waals surface area contributed by atoms with Crippen molar-refractivity contribution in [2.24, 2.45) is 0 Å². The highest BCUT2D eigenvalue weighted by Gasteiger charge is 2.23. The molecule has 0 N–H and O–H groups in total. The monoisotopic (exact) mass is 447 g/mol. The van der Waals surface area contributed by atoms with Gasteiger partial charge in [-0.05, 0) is 42.7 Å². The van der Waals surface area contributed by atoms with Gasteiger partial charge in [-0.1, -0.05) is 40.2 Å². The largest absolute Gasteiger partial charge is 0.376 e. The second kappa shape index (κ2) is 9.94. The normalized spacial score (nSPS) is 16.1. The van der Waals surface area contributed by atoms with Crippen LogP contribution in [0.15, 0.2) is 53.0 Å². The minimum atomic E-state index is -0.326. The van der Waals surface area contributed by atoms with Crippen molar-refractivity contribution >= 4 is 27.6 Å². The van der Waals surface area contributed by atoms with Crippen molar-refractivity contribution in [2.45, 2.75) is 38.3 Å². The van der Waals surface area contributed by atoms with Crippen molar-refractivity contribution in [3.05, 3.63) is 69.9 Å². The van der Waals surface area contributed by atoms with Crippen LogP contribution >= 0.6 is 15.9 Å². The smallest absolute Gasteiger partial charge is 0.223 e. The quantitative estimate of drug-likeness (QED) is 0.548. The number of Topliss-reactive ketones (excluding diaryl/α,β-unsaturated/α-hetero) is 1. The van der Waals surface area contributed by atoms with Crippen LogP contribution in [-0.2, 0) is 16.1 Å². The average Bonchev–Trinajstić information content (AvgIpc) is 3.19. The summed E-state index contributed by atoms with van der Waals surface area (Å²) in [4.78, 5) is 26.9. The Bertz CT molecular complexity index is 819. The predicted octanol–water partition coefficient (Wildman–Crippen LogP) is 4.76. The van der Waals surface area contributed by atoms with Crippen LogP contribution in [0.3, 0.4) is 0 Å². The number of carbonyl (C=O) groups excluding carboxylic acids is 2. The Kier molecular flexibility index (Phi) is 7.34. The molecule has 1 amide bonds. The highest BCUT2D eigenvalue weighted by molar-refractivity contribution is 9.10. The summed E-state index contributed by atoms with van der Waals surface area (Å²) in [6.45, 7) is 1.47. The van der Waals surface area contributed by atoms with E-state index in [-0.39, 0.29) is 36.5 Å². The Balaban J connectivity index is 1.63. The molecule has 1 unspecified atom stereocenters. The van der Waals surface area contributed by atoms with Gasteiger partial charge in [-0.25, -0.2) is 4.39 Å². The number of carbonyl (C=O) groups is 2. The van der Waals surface area contributed by atoms with Crippen molar-refractivity contribution < 1.29 is 18.7 Å². The summed E-state index contributed by atoms with van der Waals surface area (Å²) in [5.74, 6) is -0.513. The van der Waals surface area contributed by atoms with E-state index >= 15 is 0 Å². The molecular formula is C22H23BrFNO3. The lowest BCUT2D eigenvalue weighted by molar-refractivity contribution is -0.133. The molecule has 1 aliphatic rings. The maximum absolute atomic E-state index is 13.5. The molecule has 1 heterocycles. The highest BCUT2D eigenvalue weighted by Crippen LogP contribution is 2.18. The molecule has 0 saturated carbocycles. The third-order valence-electron chi connectivity index (χ3n) is 4.80. The topological polar surface area (TPSA) is 46.6 Å². The number of benzene rings is 2. The van der Waals surface area contributed by atoms with Crippen LogP contribution in [0.1, 0.15) is 41.6 Å². The van der Waals surface area contributed by atoms with Crippen LogP contribution in [-0.4, -0.2) is 35.8 Å². The Morgan fingerprint density at radius 1 is 1.14 bits per heavy atom. The summed E-state index contributed by atoms with van der Waals surface area (Å²) in [6, 6.07) is 13.4. The first-order valence-corrected chi connectivity index (χ1v) is 10.2. The van der Waals surface area contributed by atoms with Gasteiger partial charge < -0.3 is 9.64 Å². The molecule has 0 aromatic heterocycles. The number of hydrogen-bond donors (Lipinski definition) is 0.